The largest absolute Gasteiger partial charge is 0.481 e. The number of hydrogen-bond acceptors (Lipinski definition) is 1. The van der Waals surface area contributed by atoms with E-state index in [2.05, 4.69) is 29.5 Å². The summed E-state index contributed by atoms with van der Waals surface area (Å²) >= 11 is 3.13. The van der Waals surface area contributed by atoms with Gasteiger partial charge in [0.15, 0.2) is 0 Å². The van der Waals surface area contributed by atoms with E-state index in [0.29, 0.717) is 6.42 Å². The van der Waals surface area contributed by atoms with Crippen molar-refractivity contribution in [2.45, 2.75) is 76.5 Å². The third-order valence-electron chi connectivity index (χ3n) is 2.60. The van der Waals surface area contributed by atoms with Gasteiger partial charge in [0.05, 0.1) is 0 Å². The molecule has 0 amide bonds. The Morgan fingerprint density at radius 1 is 1.06 bits per heavy atom. The van der Waals surface area contributed by atoms with Crippen LogP contribution in [0.5, 0.6) is 0 Å². The number of carboxylic acid groups (broad SMARTS) is 1. The van der Waals surface area contributed by atoms with Crippen LogP contribution in [0.1, 0.15) is 71.1 Å². The summed E-state index contributed by atoms with van der Waals surface area (Å²) in [5.41, 5.74) is 0. The first-order valence-corrected chi connectivity index (χ1v) is 7.91. The zero-order valence-electron chi connectivity index (χ0n) is 11.8. The Morgan fingerprint density at radius 2 is 1.44 bits per heavy atom. The first-order valence-electron chi connectivity index (χ1n) is 7.07. The van der Waals surface area contributed by atoms with Crippen molar-refractivity contribution < 1.29 is 25.9 Å². The predicted octanol–water partition coefficient (Wildman–Crippen LogP) is 5.13. The Morgan fingerprint density at radius 3 is 1.78 bits per heavy atom. The molecule has 0 aromatic rings. The Bertz CT molecular complexity index is 181. The first kappa shape index (κ1) is 20.1. The van der Waals surface area contributed by atoms with Gasteiger partial charge >= 0.3 is 40.0 Å². The summed E-state index contributed by atoms with van der Waals surface area (Å²) in [6.07, 6.45) is 13.3. The van der Waals surface area contributed by atoms with Crippen LogP contribution in [0.25, 0.3) is 0 Å². The van der Waals surface area contributed by atoms with E-state index < -0.39 is 5.97 Å². The van der Waals surface area contributed by atoms with E-state index in [1.54, 1.807) is 6.08 Å². The van der Waals surface area contributed by atoms with Crippen LogP contribution in [-0.2, 0) is 20.8 Å². The molecule has 1 N–H and O–H groups in total. The minimum atomic E-state index is -0.659. The van der Waals surface area contributed by atoms with Crippen LogP contribution in [0.15, 0.2) is 12.7 Å². The monoisotopic (exact) mass is 296 g/mol. The van der Waals surface area contributed by atoms with Crippen LogP contribution in [0.3, 0.4) is 0 Å². The molecule has 2 nitrogen and oxygen atoms in total. The Hall–Kier alpha value is -0.271. The van der Waals surface area contributed by atoms with Gasteiger partial charge in [0, 0.05) is 6.42 Å². The first-order chi connectivity index (χ1) is 8.68. The average molecular weight is 296 g/mol. The molecule has 0 heterocycles. The molecule has 0 atom stereocenters. The molecule has 0 fully saturated rings. The molecule has 0 aromatic heterocycles. The maximum absolute atomic E-state index is 10.2. The van der Waals surface area contributed by atoms with Crippen molar-refractivity contribution in [3.8, 4) is 0 Å². The molecular formula is C15H29MnO2. The van der Waals surface area contributed by atoms with Gasteiger partial charge in [0.1, 0.15) is 0 Å². The van der Waals surface area contributed by atoms with Crippen LogP contribution in [0, 0.1) is 0 Å². The summed E-state index contributed by atoms with van der Waals surface area (Å²) in [5.74, 6) is -0.659. The third-order valence-corrected chi connectivity index (χ3v) is 2.94. The molecule has 0 unspecified atom stereocenters. The molecule has 0 bridgehead atoms. The number of carbonyl (C=O) groups is 1. The van der Waals surface area contributed by atoms with Crippen LogP contribution >= 0.6 is 0 Å². The third kappa shape index (κ3) is 24.8. The van der Waals surface area contributed by atoms with Crippen LogP contribution in [0.4, 0.5) is 0 Å². The van der Waals surface area contributed by atoms with Crippen molar-refractivity contribution in [2.24, 2.45) is 0 Å². The van der Waals surface area contributed by atoms with E-state index >= 15 is 0 Å². The second kappa shape index (κ2) is 19.1. The van der Waals surface area contributed by atoms with E-state index in [9.17, 15) is 4.79 Å². The fourth-order valence-corrected chi connectivity index (χ4v) is 1.59. The standard InChI is InChI=1S/C12H24O2.C3H5.Mn/c1-2-3-4-5-6-7-8-9-10-11-12(13)14;1-3-2;/h2-11H2,1H3,(H,13,14);3H,1-2H2;. The van der Waals surface area contributed by atoms with Crippen molar-refractivity contribution in [3.63, 3.8) is 0 Å². The maximum Gasteiger partial charge on any atom is 0.303 e. The van der Waals surface area contributed by atoms with Gasteiger partial charge in [-0.3, -0.25) is 4.79 Å². The molecule has 18 heavy (non-hydrogen) atoms. The number of allylic oxidation sites excluding steroid dienone is 1. The van der Waals surface area contributed by atoms with Gasteiger partial charge in [-0.25, -0.2) is 0 Å². The smallest absolute Gasteiger partial charge is 0.303 e. The molecule has 3 heteroatoms. The van der Waals surface area contributed by atoms with E-state index in [1.165, 1.54) is 44.9 Å². The fourth-order valence-electron chi connectivity index (χ4n) is 1.59. The zero-order valence-corrected chi connectivity index (χ0v) is 13.0. The fraction of sp³-hybridized carbons (Fsp3) is 0.800. The van der Waals surface area contributed by atoms with Crippen LogP contribution in [0.2, 0.25) is 5.32 Å². The van der Waals surface area contributed by atoms with Gasteiger partial charge in [-0.2, -0.15) is 0 Å². The van der Waals surface area contributed by atoms with Gasteiger partial charge < -0.3 is 5.11 Å². The molecule has 0 spiro atoms. The zero-order chi connectivity index (χ0) is 14.1. The SMILES string of the molecule is C=C[CH2][Mn].CCCCCCCCCCCC(=O)O. The summed E-state index contributed by atoms with van der Waals surface area (Å²) in [6, 6.07) is 0. The molecular weight excluding hydrogens is 267 g/mol. The van der Waals surface area contributed by atoms with Gasteiger partial charge in [-0.1, -0.05) is 58.3 Å². The van der Waals surface area contributed by atoms with Gasteiger partial charge in [0.2, 0.25) is 0 Å². The van der Waals surface area contributed by atoms with Crippen molar-refractivity contribution in [1.29, 1.82) is 0 Å². The quantitative estimate of drug-likeness (QED) is 0.326. The minimum Gasteiger partial charge on any atom is -0.481 e. The molecule has 0 rings (SSSR count). The van der Waals surface area contributed by atoms with E-state index in [-0.39, 0.29) is 0 Å². The number of hydrogen-bond donors (Lipinski definition) is 1. The Balaban J connectivity index is 0. The topological polar surface area (TPSA) is 37.3 Å². The van der Waals surface area contributed by atoms with Crippen molar-refractivity contribution in [1.82, 2.24) is 0 Å². The molecule has 0 aromatic carbocycles. The summed E-state index contributed by atoms with van der Waals surface area (Å²) in [4.78, 5) is 10.2. The van der Waals surface area contributed by atoms with Gasteiger partial charge in [-0.15, -0.1) is 0 Å². The van der Waals surface area contributed by atoms with Gasteiger partial charge in [0.25, 0.3) is 0 Å². The summed E-state index contributed by atoms with van der Waals surface area (Å²) in [7, 11) is 0. The van der Waals surface area contributed by atoms with Crippen molar-refractivity contribution >= 4 is 5.97 Å². The number of aliphatic carboxylic acids is 1. The molecule has 0 radical (unpaired) electrons. The molecule has 0 aliphatic rings. The molecule has 0 aliphatic heterocycles. The Kier molecular flexibility index (Phi) is 21.3. The van der Waals surface area contributed by atoms with Crippen LogP contribution < -0.4 is 0 Å². The van der Waals surface area contributed by atoms with E-state index in [0.717, 1.165) is 18.2 Å². The molecule has 0 saturated carbocycles. The molecule has 0 aliphatic carbocycles. The van der Waals surface area contributed by atoms with E-state index in [1.807, 2.05) is 0 Å². The molecule has 108 valence electrons. The normalized spacial score (nSPS) is 9.44. The summed E-state index contributed by atoms with van der Waals surface area (Å²) < 4.78 is 0. The number of carboxylic acids is 1. The van der Waals surface area contributed by atoms with Gasteiger partial charge in [-0.05, 0) is 6.42 Å². The summed E-state index contributed by atoms with van der Waals surface area (Å²) in [6.45, 7) is 5.66. The minimum absolute atomic E-state index is 0.343. The van der Waals surface area contributed by atoms with Crippen LogP contribution in [-0.4, -0.2) is 11.1 Å². The maximum atomic E-state index is 10.2. The second-order valence-electron chi connectivity index (χ2n) is 4.42. The van der Waals surface area contributed by atoms with Crippen molar-refractivity contribution in [2.75, 3.05) is 0 Å². The number of unbranched alkanes of at least 4 members (excludes halogenated alkanes) is 8. The van der Waals surface area contributed by atoms with Crippen molar-refractivity contribution in [3.05, 3.63) is 12.7 Å². The average Bonchev–Trinajstić information content (AvgIpc) is 2.37. The second-order valence-corrected chi connectivity index (χ2v) is 4.90. The predicted molar refractivity (Wildman–Crippen MR) is 74.5 cm³/mol. The summed E-state index contributed by atoms with van der Waals surface area (Å²) in [5, 5.41) is 9.31. The molecule has 0 saturated heterocycles. The number of rotatable bonds is 11. The van der Waals surface area contributed by atoms with E-state index in [4.69, 9.17) is 5.11 Å². The Labute approximate surface area is 121 Å².